The molecule has 4 rings (SSSR count). The predicted molar refractivity (Wildman–Crippen MR) is 81.8 cm³/mol. The summed E-state index contributed by atoms with van der Waals surface area (Å²) in [6.07, 6.45) is 4.83. The molecule has 3 nitrogen and oxygen atoms in total. The first kappa shape index (κ1) is 11.2. The quantitative estimate of drug-likeness (QED) is 0.744. The second-order valence-corrected chi connectivity index (χ2v) is 4.81. The van der Waals surface area contributed by atoms with Crippen LogP contribution in [0.25, 0.3) is 22.4 Å². The molecule has 1 aliphatic heterocycles. The number of aromatic amines is 1. The Balaban J connectivity index is 1.89. The number of benzene rings is 2. The summed E-state index contributed by atoms with van der Waals surface area (Å²) in [5, 5.41) is 0. The molecule has 0 atom stereocenters. The van der Waals surface area contributed by atoms with Crippen molar-refractivity contribution in [2.45, 2.75) is 6.42 Å². The standard InChI is InChI=1S/C17H13N3/c1-2-7-13(12(6-1)14-10-5-11-18-14)17-19-15-8-3-4-9-16(15)20-17/h1-9,11H,10H2,(H,19,20). The van der Waals surface area contributed by atoms with Crippen LogP contribution in [0, 0.1) is 0 Å². The third kappa shape index (κ3) is 1.75. The number of nitrogens with one attached hydrogen (secondary N) is 1. The molecule has 1 aromatic heterocycles. The van der Waals surface area contributed by atoms with Crippen LogP contribution in [0.3, 0.4) is 0 Å². The predicted octanol–water partition coefficient (Wildman–Crippen LogP) is 3.94. The molecule has 0 spiro atoms. The number of hydrogen-bond donors (Lipinski definition) is 1. The normalized spacial score (nSPS) is 13.9. The summed E-state index contributed by atoms with van der Waals surface area (Å²) in [4.78, 5) is 12.5. The van der Waals surface area contributed by atoms with Crippen LogP contribution < -0.4 is 0 Å². The fourth-order valence-corrected chi connectivity index (χ4v) is 2.56. The number of aromatic nitrogens is 2. The van der Waals surface area contributed by atoms with Crippen molar-refractivity contribution in [3.8, 4) is 11.4 Å². The number of aliphatic imine (C=N–C) groups is 1. The van der Waals surface area contributed by atoms with Gasteiger partial charge in [-0.1, -0.05) is 42.5 Å². The van der Waals surface area contributed by atoms with Gasteiger partial charge in [-0.2, -0.15) is 0 Å². The first-order chi connectivity index (χ1) is 9.92. The number of H-pyrrole nitrogens is 1. The topological polar surface area (TPSA) is 41.0 Å². The smallest absolute Gasteiger partial charge is 0.139 e. The van der Waals surface area contributed by atoms with Gasteiger partial charge in [0.1, 0.15) is 5.82 Å². The first-order valence-corrected chi connectivity index (χ1v) is 6.68. The van der Waals surface area contributed by atoms with E-state index in [0.29, 0.717) is 0 Å². The van der Waals surface area contributed by atoms with Gasteiger partial charge in [0.05, 0.1) is 16.7 Å². The van der Waals surface area contributed by atoms with Crippen molar-refractivity contribution in [1.82, 2.24) is 9.97 Å². The van der Waals surface area contributed by atoms with Crippen molar-refractivity contribution < 1.29 is 0 Å². The van der Waals surface area contributed by atoms with E-state index in [0.717, 1.165) is 40.1 Å². The van der Waals surface area contributed by atoms with Crippen LogP contribution in [0.4, 0.5) is 0 Å². The van der Waals surface area contributed by atoms with Gasteiger partial charge in [0.25, 0.3) is 0 Å². The van der Waals surface area contributed by atoms with Gasteiger partial charge in [0.15, 0.2) is 0 Å². The molecule has 1 aliphatic rings. The van der Waals surface area contributed by atoms with Crippen LogP contribution in [-0.4, -0.2) is 15.7 Å². The van der Waals surface area contributed by atoms with E-state index < -0.39 is 0 Å². The Bertz CT molecular complexity index is 807. The van der Waals surface area contributed by atoms with Crippen molar-refractivity contribution in [2.75, 3.05) is 0 Å². The Kier molecular flexibility index (Phi) is 2.49. The van der Waals surface area contributed by atoms with Gasteiger partial charge in [-0.05, 0) is 12.1 Å². The average molecular weight is 259 g/mol. The number of allylic oxidation sites excluding steroid dienone is 1. The van der Waals surface area contributed by atoms with E-state index in [4.69, 9.17) is 0 Å². The molecular weight excluding hydrogens is 246 g/mol. The van der Waals surface area contributed by atoms with E-state index >= 15 is 0 Å². The van der Waals surface area contributed by atoms with Crippen LogP contribution in [0.5, 0.6) is 0 Å². The highest BCUT2D eigenvalue weighted by atomic mass is 14.9. The fraction of sp³-hybridized carbons (Fsp3) is 0.0588. The van der Waals surface area contributed by atoms with Gasteiger partial charge in [0, 0.05) is 23.7 Å². The highest BCUT2D eigenvalue weighted by Gasteiger charge is 2.14. The van der Waals surface area contributed by atoms with Crippen molar-refractivity contribution in [3.05, 3.63) is 66.4 Å². The maximum Gasteiger partial charge on any atom is 0.139 e. The number of imidazole rings is 1. The first-order valence-electron chi connectivity index (χ1n) is 6.68. The van der Waals surface area contributed by atoms with E-state index in [1.807, 2.05) is 42.6 Å². The summed E-state index contributed by atoms with van der Waals surface area (Å²) >= 11 is 0. The lowest BCUT2D eigenvalue weighted by Gasteiger charge is -2.06. The van der Waals surface area contributed by atoms with E-state index in [1.54, 1.807) is 0 Å². The molecule has 96 valence electrons. The molecule has 0 unspecified atom stereocenters. The zero-order valence-electron chi connectivity index (χ0n) is 10.9. The zero-order valence-corrected chi connectivity index (χ0v) is 10.9. The molecular formula is C17H13N3. The van der Waals surface area contributed by atoms with Gasteiger partial charge in [-0.25, -0.2) is 4.98 Å². The third-order valence-corrected chi connectivity index (χ3v) is 3.53. The lowest BCUT2D eigenvalue weighted by atomic mass is 10.0. The number of para-hydroxylation sites is 2. The minimum Gasteiger partial charge on any atom is -0.338 e. The molecule has 0 fully saturated rings. The Hall–Kier alpha value is -2.68. The van der Waals surface area contributed by atoms with Crippen molar-refractivity contribution in [3.63, 3.8) is 0 Å². The minimum atomic E-state index is 0.886. The molecule has 0 amide bonds. The minimum absolute atomic E-state index is 0.886. The summed E-state index contributed by atoms with van der Waals surface area (Å²) < 4.78 is 0. The monoisotopic (exact) mass is 259 g/mol. The van der Waals surface area contributed by atoms with Crippen LogP contribution in [0.15, 0.2) is 65.8 Å². The van der Waals surface area contributed by atoms with E-state index in [9.17, 15) is 0 Å². The molecule has 0 saturated heterocycles. The lowest BCUT2D eigenvalue weighted by molar-refractivity contribution is 1.32. The molecule has 3 aromatic rings. The SMILES string of the molecule is C1=CN=C(c2ccccc2-c2nc3ccccc3[nH]2)C1. The van der Waals surface area contributed by atoms with E-state index in [1.165, 1.54) is 0 Å². The molecule has 0 radical (unpaired) electrons. The molecule has 20 heavy (non-hydrogen) atoms. The summed E-state index contributed by atoms with van der Waals surface area (Å²) in [7, 11) is 0. The molecule has 0 aliphatic carbocycles. The Labute approximate surface area is 116 Å². The highest BCUT2D eigenvalue weighted by Crippen LogP contribution is 2.26. The largest absolute Gasteiger partial charge is 0.338 e. The maximum atomic E-state index is 4.68. The molecule has 2 aromatic carbocycles. The van der Waals surface area contributed by atoms with Crippen LogP contribution in [-0.2, 0) is 0 Å². The molecule has 0 bridgehead atoms. The van der Waals surface area contributed by atoms with Crippen molar-refractivity contribution in [1.29, 1.82) is 0 Å². The fourth-order valence-electron chi connectivity index (χ4n) is 2.56. The Morgan fingerprint density at radius 1 is 0.900 bits per heavy atom. The van der Waals surface area contributed by atoms with E-state index in [-0.39, 0.29) is 0 Å². The van der Waals surface area contributed by atoms with Crippen LogP contribution in [0.1, 0.15) is 12.0 Å². The number of rotatable bonds is 2. The van der Waals surface area contributed by atoms with E-state index in [2.05, 4.69) is 33.2 Å². The summed E-state index contributed by atoms with van der Waals surface area (Å²) in [6, 6.07) is 16.4. The highest BCUT2D eigenvalue weighted by molar-refractivity contribution is 6.07. The zero-order chi connectivity index (χ0) is 13.4. The lowest BCUT2D eigenvalue weighted by Crippen LogP contribution is -2.00. The summed E-state index contributed by atoms with van der Waals surface area (Å²) in [5.74, 6) is 0.899. The van der Waals surface area contributed by atoms with Crippen LogP contribution in [0.2, 0.25) is 0 Å². The van der Waals surface area contributed by atoms with Crippen molar-refractivity contribution in [2.24, 2.45) is 4.99 Å². The maximum absolute atomic E-state index is 4.68. The second-order valence-electron chi connectivity index (χ2n) is 4.81. The summed E-state index contributed by atoms with van der Waals surface area (Å²) in [5.41, 5.74) is 5.40. The molecule has 1 N–H and O–H groups in total. The molecule has 0 saturated carbocycles. The van der Waals surface area contributed by atoms with Gasteiger partial charge >= 0.3 is 0 Å². The molecule has 2 heterocycles. The van der Waals surface area contributed by atoms with Gasteiger partial charge < -0.3 is 4.98 Å². The van der Waals surface area contributed by atoms with Crippen LogP contribution >= 0.6 is 0 Å². The second kappa shape index (κ2) is 4.46. The third-order valence-electron chi connectivity index (χ3n) is 3.53. The Morgan fingerprint density at radius 2 is 1.70 bits per heavy atom. The summed E-state index contributed by atoms with van der Waals surface area (Å²) in [6.45, 7) is 0. The van der Waals surface area contributed by atoms with Gasteiger partial charge in [0.2, 0.25) is 0 Å². The van der Waals surface area contributed by atoms with Gasteiger partial charge in [-0.3, -0.25) is 4.99 Å². The number of nitrogens with zero attached hydrogens (tertiary/aromatic N) is 2. The molecule has 3 heteroatoms. The average Bonchev–Trinajstić information content (AvgIpc) is 3.16. The van der Waals surface area contributed by atoms with Crippen molar-refractivity contribution >= 4 is 16.7 Å². The van der Waals surface area contributed by atoms with Gasteiger partial charge in [-0.15, -0.1) is 0 Å². The Morgan fingerprint density at radius 3 is 2.50 bits per heavy atom. The number of fused-ring (bicyclic) bond motifs is 1. The number of hydrogen-bond acceptors (Lipinski definition) is 2.